The smallest absolute Gasteiger partial charge is 0.414 e. The van der Waals surface area contributed by atoms with Crippen molar-refractivity contribution in [1.82, 2.24) is 9.78 Å². The Labute approximate surface area is 247 Å². The second kappa shape index (κ2) is 10.6. The van der Waals surface area contributed by atoms with Crippen LogP contribution in [0.4, 0.5) is 16.2 Å². The molecule has 210 valence electrons. The minimum Gasteiger partial charge on any atom is -0.447 e. The zero-order valence-electron chi connectivity index (χ0n) is 23.0. The van der Waals surface area contributed by atoms with Crippen molar-refractivity contribution >= 4 is 28.4 Å². The maximum atomic E-state index is 12.1. The Hall–Kier alpha value is -5.76. The Balaban J connectivity index is 1.54. The number of nitrogens with zero attached hydrogens (tertiary/aromatic N) is 4. The molecule has 43 heavy (non-hydrogen) atoms. The summed E-state index contributed by atoms with van der Waals surface area (Å²) in [6, 6.07) is 42.9. The molecule has 0 spiro atoms. The zero-order valence-corrected chi connectivity index (χ0v) is 23.0. The highest BCUT2D eigenvalue weighted by Gasteiger charge is 2.41. The molecule has 1 aliphatic heterocycles. The summed E-state index contributed by atoms with van der Waals surface area (Å²) in [5.74, 6) is 0. The fraction of sp³-hybridized carbons (Fsp3) is 0.0857. The Morgan fingerprint density at radius 3 is 1.79 bits per heavy atom. The molecule has 1 saturated heterocycles. The molecule has 0 bridgehead atoms. The quantitative estimate of drug-likeness (QED) is 0.114. The number of hydrogen-bond acceptors (Lipinski definition) is 5. The number of cyclic esters (lactones) is 1. The predicted octanol–water partition coefficient (Wildman–Crippen LogP) is 7.41. The number of non-ortho nitro benzene ring substituents is 1. The highest BCUT2D eigenvalue weighted by molar-refractivity contribution is 5.96. The highest BCUT2D eigenvalue weighted by Crippen LogP contribution is 2.44. The number of rotatable bonds is 7. The van der Waals surface area contributed by atoms with E-state index < -0.39 is 5.54 Å². The van der Waals surface area contributed by atoms with Gasteiger partial charge in [0.05, 0.1) is 17.0 Å². The van der Waals surface area contributed by atoms with Gasteiger partial charge in [-0.1, -0.05) is 103 Å². The lowest BCUT2D eigenvalue weighted by Crippen LogP contribution is -2.38. The normalized spacial score (nSPS) is 13.3. The Morgan fingerprint density at radius 2 is 1.30 bits per heavy atom. The van der Waals surface area contributed by atoms with Crippen LogP contribution >= 0.6 is 0 Å². The molecule has 1 amide bonds. The number of nitro groups is 1. The summed E-state index contributed by atoms with van der Waals surface area (Å²) in [5, 5.41) is 17.9. The Morgan fingerprint density at radius 1 is 0.744 bits per heavy atom. The molecule has 0 atom stereocenters. The number of benzene rings is 5. The lowest BCUT2D eigenvalue weighted by Gasteiger charge is -2.37. The molecular weight excluding hydrogens is 540 g/mol. The fourth-order valence-corrected chi connectivity index (χ4v) is 6.02. The molecule has 8 heteroatoms. The number of nitro benzene ring substituents is 1. The van der Waals surface area contributed by atoms with Crippen LogP contribution in [-0.2, 0) is 10.3 Å². The predicted molar refractivity (Wildman–Crippen MR) is 165 cm³/mol. The zero-order chi connectivity index (χ0) is 29.4. The third-order valence-electron chi connectivity index (χ3n) is 7.98. The number of ether oxygens (including phenoxy) is 1. The van der Waals surface area contributed by atoms with E-state index in [1.54, 1.807) is 17.0 Å². The maximum absolute atomic E-state index is 12.1. The molecule has 0 saturated carbocycles. The average molecular weight is 567 g/mol. The third-order valence-corrected chi connectivity index (χ3v) is 7.98. The van der Waals surface area contributed by atoms with E-state index in [1.165, 1.54) is 6.07 Å². The number of carbonyl (C=O) groups is 1. The molecule has 1 aromatic heterocycles. The Bertz CT molecular complexity index is 1840. The minimum absolute atomic E-state index is 0.0190. The van der Waals surface area contributed by atoms with Gasteiger partial charge in [-0.05, 0) is 34.9 Å². The monoisotopic (exact) mass is 566 g/mol. The molecule has 1 fully saturated rings. The molecule has 6 aromatic rings. The molecule has 7 rings (SSSR count). The number of aromatic nitrogens is 2. The van der Waals surface area contributed by atoms with Crippen LogP contribution in [0.3, 0.4) is 0 Å². The van der Waals surface area contributed by atoms with E-state index in [9.17, 15) is 14.9 Å². The summed E-state index contributed by atoms with van der Waals surface area (Å²) in [6.45, 7) is 0.829. The van der Waals surface area contributed by atoms with Crippen LogP contribution in [0.5, 0.6) is 0 Å². The van der Waals surface area contributed by atoms with Crippen molar-refractivity contribution in [2.24, 2.45) is 0 Å². The lowest BCUT2D eigenvalue weighted by atomic mass is 9.77. The van der Waals surface area contributed by atoms with E-state index in [2.05, 4.69) is 36.4 Å². The van der Waals surface area contributed by atoms with Crippen molar-refractivity contribution in [3.05, 3.63) is 160 Å². The molecule has 8 nitrogen and oxygen atoms in total. The first kappa shape index (κ1) is 26.2. The molecule has 0 N–H and O–H groups in total. The maximum Gasteiger partial charge on any atom is 0.414 e. The largest absolute Gasteiger partial charge is 0.447 e. The van der Waals surface area contributed by atoms with Crippen LogP contribution in [0.2, 0.25) is 0 Å². The standard InChI is InChI=1S/C35H26N4O4/c40-34-37(22-23-43-34)29-18-16-25(17-19-29)33-31-24-30(39(41)42)20-21-32(31)38(36-33)35(26-10-4-1-5-11-26,27-12-6-2-7-13-27)28-14-8-3-9-15-28/h1-21,24H,22-23H2. The van der Waals surface area contributed by atoms with Gasteiger partial charge >= 0.3 is 6.09 Å². The molecule has 5 aromatic carbocycles. The van der Waals surface area contributed by atoms with Gasteiger partial charge in [-0.15, -0.1) is 0 Å². The van der Waals surface area contributed by atoms with Crippen LogP contribution in [0.1, 0.15) is 16.7 Å². The van der Waals surface area contributed by atoms with Gasteiger partial charge in [0.2, 0.25) is 0 Å². The number of hydrogen-bond donors (Lipinski definition) is 0. The second-order valence-electron chi connectivity index (χ2n) is 10.3. The first-order valence-electron chi connectivity index (χ1n) is 14.0. The minimum atomic E-state index is -0.907. The molecule has 2 heterocycles. The van der Waals surface area contributed by atoms with Crippen molar-refractivity contribution in [3.8, 4) is 11.3 Å². The number of amides is 1. The summed E-state index contributed by atoms with van der Waals surface area (Å²) < 4.78 is 7.10. The molecule has 0 radical (unpaired) electrons. The number of carbonyl (C=O) groups excluding carboxylic acids is 1. The van der Waals surface area contributed by atoms with E-state index in [1.807, 2.05) is 83.5 Å². The van der Waals surface area contributed by atoms with Gasteiger partial charge in [0.25, 0.3) is 5.69 Å². The lowest BCUT2D eigenvalue weighted by molar-refractivity contribution is -0.384. The van der Waals surface area contributed by atoms with Gasteiger partial charge in [-0.3, -0.25) is 15.0 Å². The van der Waals surface area contributed by atoms with Crippen LogP contribution in [-0.4, -0.2) is 33.9 Å². The summed E-state index contributed by atoms with van der Waals surface area (Å²) >= 11 is 0. The summed E-state index contributed by atoms with van der Waals surface area (Å²) in [7, 11) is 0. The summed E-state index contributed by atoms with van der Waals surface area (Å²) in [5.41, 5.74) is 4.87. The van der Waals surface area contributed by atoms with E-state index in [0.717, 1.165) is 27.8 Å². The van der Waals surface area contributed by atoms with Crippen LogP contribution in [0.15, 0.2) is 133 Å². The van der Waals surface area contributed by atoms with Crippen LogP contribution in [0.25, 0.3) is 22.2 Å². The van der Waals surface area contributed by atoms with Gasteiger partial charge in [-0.2, -0.15) is 5.10 Å². The molecule has 0 aliphatic carbocycles. The average Bonchev–Trinajstić information content (AvgIpc) is 3.67. The first-order chi connectivity index (χ1) is 21.1. The van der Waals surface area contributed by atoms with Gasteiger partial charge in [0, 0.05) is 28.8 Å². The van der Waals surface area contributed by atoms with Gasteiger partial charge in [0.15, 0.2) is 0 Å². The van der Waals surface area contributed by atoms with Crippen LogP contribution < -0.4 is 4.90 Å². The van der Waals surface area contributed by atoms with E-state index in [-0.39, 0.29) is 16.7 Å². The van der Waals surface area contributed by atoms with Gasteiger partial charge < -0.3 is 4.74 Å². The van der Waals surface area contributed by atoms with Crippen molar-refractivity contribution in [2.75, 3.05) is 18.1 Å². The fourth-order valence-electron chi connectivity index (χ4n) is 6.02. The topological polar surface area (TPSA) is 90.5 Å². The van der Waals surface area contributed by atoms with Crippen molar-refractivity contribution < 1.29 is 14.5 Å². The van der Waals surface area contributed by atoms with Crippen molar-refractivity contribution in [3.63, 3.8) is 0 Å². The number of fused-ring (bicyclic) bond motifs is 1. The summed E-state index contributed by atoms with van der Waals surface area (Å²) in [6.07, 6.45) is -0.378. The molecule has 0 unspecified atom stereocenters. The van der Waals surface area contributed by atoms with Crippen molar-refractivity contribution in [2.45, 2.75) is 5.54 Å². The second-order valence-corrected chi connectivity index (χ2v) is 10.3. The van der Waals surface area contributed by atoms with E-state index in [0.29, 0.717) is 29.9 Å². The van der Waals surface area contributed by atoms with Crippen LogP contribution in [0, 0.1) is 10.1 Å². The van der Waals surface area contributed by atoms with E-state index in [4.69, 9.17) is 9.84 Å². The first-order valence-corrected chi connectivity index (χ1v) is 14.0. The summed E-state index contributed by atoms with van der Waals surface area (Å²) in [4.78, 5) is 25.3. The van der Waals surface area contributed by atoms with E-state index >= 15 is 0 Å². The number of anilines is 1. The molecular formula is C35H26N4O4. The van der Waals surface area contributed by atoms with Gasteiger partial charge in [-0.25, -0.2) is 9.48 Å². The SMILES string of the molecule is O=C1OCCN1c1ccc(-c2nn(C(c3ccccc3)(c3ccccc3)c3ccccc3)c3ccc([N+](=O)[O-])cc23)cc1. The van der Waals surface area contributed by atoms with Gasteiger partial charge in [0.1, 0.15) is 17.8 Å². The highest BCUT2D eigenvalue weighted by atomic mass is 16.6. The third kappa shape index (κ3) is 4.31. The molecule has 1 aliphatic rings. The van der Waals surface area contributed by atoms with Crippen molar-refractivity contribution in [1.29, 1.82) is 0 Å². The Kier molecular flexibility index (Phi) is 6.43.